The van der Waals surface area contributed by atoms with Gasteiger partial charge in [0, 0.05) is 31.0 Å². The largest absolute Gasteiger partial charge is 0.348 e. The van der Waals surface area contributed by atoms with Crippen molar-refractivity contribution in [1.82, 2.24) is 20.1 Å². The molecule has 0 fully saturated rings. The lowest BCUT2D eigenvalue weighted by atomic mass is 10.2. The van der Waals surface area contributed by atoms with Crippen LogP contribution in [0.15, 0.2) is 22.9 Å². The number of aryl methyl sites for hydroxylation is 2. The summed E-state index contributed by atoms with van der Waals surface area (Å²) in [4.78, 5) is 16.1. The Kier molecular flexibility index (Phi) is 3.99. The van der Waals surface area contributed by atoms with Gasteiger partial charge in [0.25, 0.3) is 5.91 Å². The molecule has 5 nitrogen and oxygen atoms in total. The Morgan fingerprint density at radius 2 is 2.21 bits per heavy atom. The smallest absolute Gasteiger partial charge is 0.254 e. The van der Waals surface area contributed by atoms with Crippen LogP contribution in [0.2, 0.25) is 0 Å². The number of carbonyl (C=O) groups excluding carboxylic acids is 1. The zero-order valence-corrected chi connectivity index (χ0v) is 12.7. The van der Waals surface area contributed by atoms with Crippen molar-refractivity contribution in [3.05, 3.63) is 45.4 Å². The summed E-state index contributed by atoms with van der Waals surface area (Å²) in [6.07, 6.45) is 1.64. The Hall–Kier alpha value is -1.69. The van der Waals surface area contributed by atoms with E-state index in [0.29, 0.717) is 16.7 Å². The fourth-order valence-corrected chi connectivity index (χ4v) is 2.32. The number of nitrogens with one attached hydrogen (secondary N) is 1. The topological polar surface area (TPSA) is 59.8 Å². The fraction of sp³-hybridized carbons (Fsp3) is 0.308. The lowest BCUT2D eigenvalue weighted by molar-refractivity contribution is 0.0949. The van der Waals surface area contributed by atoms with Crippen LogP contribution in [0.1, 0.15) is 27.3 Å². The highest BCUT2D eigenvalue weighted by Crippen LogP contribution is 2.14. The van der Waals surface area contributed by atoms with Gasteiger partial charge in [-0.05, 0) is 41.9 Å². The summed E-state index contributed by atoms with van der Waals surface area (Å²) in [5.74, 6) is -0.150. The van der Waals surface area contributed by atoms with Gasteiger partial charge in [0.1, 0.15) is 4.60 Å². The number of halogens is 1. The van der Waals surface area contributed by atoms with E-state index in [-0.39, 0.29) is 5.91 Å². The zero-order chi connectivity index (χ0) is 14.0. The van der Waals surface area contributed by atoms with Crippen molar-refractivity contribution >= 4 is 21.8 Å². The van der Waals surface area contributed by atoms with Crippen molar-refractivity contribution < 1.29 is 4.79 Å². The van der Waals surface area contributed by atoms with Crippen LogP contribution < -0.4 is 5.32 Å². The lowest BCUT2D eigenvalue weighted by Gasteiger charge is -2.06. The average Bonchev–Trinajstić information content (AvgIpc) is 2.61. The SMILES string of the molecule is Cc1nn(C)c(C)c1CNC(=O)c1cccnc1Br. The summed E-state index contributed by atoms with van der Waals surface area (Å²) >= 11 is 3.27. The van der Waals surface area contributed by atoms with E-state index in [4.69, 9.17) is 0 Å². The van der Waals surface area contributed by atoms with Crippen molar-refractivity contribution in [3.63, 3.8) is 0 Å². The van der Waals surface area contributed by atoms with Crippen molar-refractivity contribution in [1.29, 1.82) is 0 Å². The third-order valence-electron chi connectivity index (χ3n) is 3.09. The molecule has 0 saturated carbocycles. The lowest BCUT2D eigenvalue weighted by Crippen LogP contribution is -2.24. The molecule has 100 valence electrons. The van der Waals surface area contributed by atoms with Gasteiger partial charge in [-0.3, -0.25) is 9.48 Å². The molecule has 6 heteroatoms. The standard InChI is InChI=1S/C13H15BrN4O/c1-8-11(9(2)18(3)17-8)7-16-13(19)10-5-4-6-15-12(10)14/h4-6H,7H2,1-3H3,(H,16,19). The number of carbonyl (C=O) groups is 1. The van der Waals surface area contributed by atoms with Crippen LogP contribution in [0, 0.1) is 13.8 Å². The van der Waals surface area contributed by atoms with Gasteiger partial charge in [-0.15, -0.1) is 0 Å². The first kappa shape index (κ1) is 13.7. The predicted molar refractivity (Wildman–Crippen MR) is 75.8 cm³/mol. The van der Waals surface area contributed by atoms with Crippen molar-refractivity contribution in [3.8, 4) is 0 Å². The van der Waals surface area contributed by atoms with Gasteiger partial charge in [0.15, 0.2) is 0 Å². The Labute approximate surface area is 120 Å². The summed E-state index contributed by atoms with van der Waals surface area (Å²) in [5.41, 5.74) is 3.58. The summed E-state index contributed by atoms with van der Waals surface area (Å²) < 4.78 is 2.36. The van der Waals surface area contributed by atoms with Gasteiger partial charge in [-0.1, -0.05) is 0 Å². The van der Waals surface area contributed by atoms with Gasteiger partial charge in [-0.25, -0.2) is 4.98 Å². The van der Waals surface area contributed by atoms with Crippen LogP contribution in [0.4, 0.5) is 0 Å². The molecular weight excluding hydrogens is 308 g/mol. The molecule has 0 unspecified atom stereocenters. The molecule has 2 aromatic heterocycles. The van der Waals surface area contributed by atoms with Gasteiger partial charge in [0.2, 0.25) is 0 Å². The molecule has 0 atom stereocenters. The number of pyridine rings is 1. The monoisotopic (exact) mass is 322 g/mol. The molecule has 1 amide bonds. The number of hydrogen-bond donors (Lipinski definition) is 1. The first-order valence-corrected chi connectivity index (χ1v) is 6.67. The van der Waals surface area contributed by atoms with E-state index >= 15 is 0 Å². The normalized spacial score (nSPS) is 10.5. The Balaban J connectivity index is 2.11. The van der Waals surface area contributed by atoms with E-state index in [0.717, 1.165) is 17.0 Å². The molecule has 2 heterocycles. The minimum absolute atomic E-state index is 0.150. The molecular formula is C13H15BrN4O. The van der Waals surface area contributed by atoms with E-state index in [1.54, 1.807) is 18.3 Å². The predicted octanol–water partition coefficient (Wildman–Crippen LogP) is 2.12. The highest BCUT2D eigenvalue weighted by atomic mass is 79.9. The molecule has 0 spiro atoms. The minimum Gasteiger partial charge on any atom is -0.348 e. The van der Waals surface area contributed by atoms with Crippen molar-refractivity contribution in [2.75, 3.05) is 0 Å². The first-order valence-electron chi connectivity index (χ1n) is 5.88. The third kappa shape index (κ3) is 2.84. The Bertz CT molecular complexity index is 621. The average molecular weight is 323 g/mol. The third-order valence-corrected chi connectivity index (χ3v) is 3.72. The molecule has 0 bridgehead atoms. The molecule has 0 aliphatic carbocycles. The maximum Gasteiger partial charge on any atom is 0.254 e. The first-order chi connectivity index (χ1) is 9.00. The maximum atomic E-state index is 12.1. The minimum atomic E-state index is -0.150. The number of aromatic nitrogens is 3. The van der Waals surface area contributed by atoms with E-state index < -0.39 is 0 Å². The number of rotatable bonds is 3. The van der Waals surface area contributed by atoms with Crippen LogP contribution in [0.5, 0.6) is 0 Å². The quantitative estimate of drug-likeness (QED) is 0.880. The zero-order valence-electron chi connectivity index (χ0n) is 11.1. The van der Waals surface area contributed by atoms with E-state index in [1.807, 2.05) is 25.6 Å². The molecule has 1 N–H and O–H groups in total. The number of amides is 1. The molecule has 0 aliphatic rings. The van der Waals surface area contributed by atoms with Crippen molar-refractivity contribution in [2.45, 2.75) is 20.4 Å². The summed E-state index contributed by atoms with van der Waals surface area (Å²) in [5, 5.41) is 7.21. The molecule has 0 aromatic carbocycles. The number of hydrogen-bond acceptors (Lipinski definition) is 3. The molecule has 2 aromatic rings. The van der Waals surface area contributed by atoms with E-state index in [9.17, 15) is 4.79 Å². The van der Waals surface area contributed by atoms with Gasteiger partial charge < -0.3 is 5.32 Å². The van der Waals surface area contributed by atoms with Crippen molar-refractivity contribution in [2.24, 2.45) is 7.05 Å². The second kappa shape index (κ2) is 5.52. The number of nitrogens with zero attached hydrogens (tertiary/aromatic N) is 3. The summed E-state index contributed by atoms with van der Waals surface area (Å²) in [6, 6.07) is 3.47. The summed E-state index contributed by atoms with van der Waals surface area (Å²) in [6.45, 7) is 4.39. The maximum absolute atomic E-state index is 12.1. The van der Waals surface area contributed by atoms with Crippen LogP contribution >= 0.6 is 15.9 Å². The van der Waals surface area contributed by atoms with Crippen LogP contribution in [-0.4, -0.2) is 20.7 Å². The van der Waals surface area contributed by atoms with Gasteiger partial charge in [0.05, 0.1) is 11.3 Å². The Morgan fingerprint density at radius 1 is 1.47 bits per heavy atom. The second-order valence-electron chi connectivity index (χ2n) is 4.30. The molecule has 0 saturated heterocycles. The van der Waals surface area contributed by atoms with Crippen LogP contribution in [0.3, 0.4) is 0 Å². The van der Waals surface area contributed by atoms with E-state index in [2.05, 4.69) is 31.3 Å². The van der Waals surface area contributed by atoms with Gasteiger partial charge in [-0.2, -0.15) is 5.10 Å². The summed E-state index contributed by atoms with van der Waals surface area (Å²) in [7, 11) is 1.89. The fourth-order valence-electron chi connectivity index (χ4n) is 1.89. The van der Waals surface area contributed by atoms with Gasteiger partial charge >= 0.3 is 0 Å². The molecule has 0 aliphatic heterocycles. The highest BCUT2D eigenvalue weighted by Gasteiger charge is 2.13. The molecule has 19 heavy (non-hydrogen) atoms. The highest BCUT2D eigenvalue weighted by molar-refractivity contribution is 9.10. The van der Waals surface area contributed by atoms with E-state index in [1.165, 1.54) is 0 Å². The second-order valence-corrected chi connectivity index (χ2v) is 5.05. The molecule has 2 rings (SSSR count). The Morgan fingerprint density at radius 3 is 2.79 bits per heavy atom. The van der Waals surface area contributed by atoms with Crippen LogP contribution in [-0.2, 0) is 13.6 Å². The van der Waals surface area contributed by atoms with Crippen LogP contribution in [0.25, 0.3) is 0 Å². The molecule has 0 radical (unpaired) electrons.